The van der Waals surface area contributed by atoms with E-state index in [0.29, 0.717) is 6.61 Å². The van der Waals surface area contributed by atoms with Crippen LogP contribution in [0.25, 0.3) is 0 Å². The zero-order valence-corrected chi connectivity index (χ0v) is 12.9. The van der Waals surface area contributed by atoms with Gasteiger partial charge in [0.1, 0.15) is 5.75 Å². The van der Waals surface area contributed by atoms with Gasteiger partial charge in [-0.3, -0.25) is 0 Å². The largest absolute Gasteiger partial charge is 0.493 e. The van der Waals surface area contributed by atoms with E-state index in [-0.39, 0.29) is 6.79 Å². The molecule has 0 saturated heterocycles. The molecule has 0 atom stereocenters. The minimum absolute atomic E-state index is 0.286. The summed E-state index contributed by atoms with van der Waals surface area (Å²) in [6.45, 7) is 5.66. The Kier molecular flexibility index (Phi) is 6.63. The number of hydrogen-bond donors (Lipinski definition) is 1. The van der Waals surface area contributed by atoms with Crippen LogP contribution in [-0.2, 0) is 11.3 Å². The molecule has 21 heavy (non-hydrogen) atoms. The third-order valence-electron chi connectivity index (χ3n) is 3.30. The molecule has 0 fully saturated rings. The summed E-state index contributed by atoms with van der Waals surface area (Å²) in [5, 5.41) is 3.40. The van der Waals surface area contributed by atoms with Gasteiger partial charge < -0.3 is 24.3 Å². The summed E-state index contributed by atoms with van der Waals surface area (Å²) >= 11 is 0. The van der Waals surface area contributed by atoms with Crippen LogP contribution >= 0.6 is 0 Å². The van der Waals surface area contributed by atoms with Gasteiger partial charge in [0.2, 0.25) is 6.79 Å². The van der Waals surface area contributed by atoms with Crippen molar-refractivity contribution in [2.24, 2.45) is 0 Å². The highest BCUT2D eigenvalue weighted by Crippen LogP contribution is 2.38. The average molecular weight is 295 g/mol. The molecule has 0 amide bonds. The first-order valence-corrected chi connectivity index (χ1v) is 7.60. The SMILES string of the molecule is CCCNCc1cc2c(cc1OCCCCOC)OCO2. The lowest BCUT2D eigenvalue weighted by molar-refractivity contribution is 0.173. The van der Waals surface area contributed by atoms with Crippen LogP contribution in [0.5, 0.6) is 17.2 Å². The lowest BCUT2D eigenvalue weighted by Gasteiger charge is -2.13. The second-order valence-electron chi connectivity index (χ2n) is 5.04. The molecule has 0 spiro atoms. The van der Waals surface area contributed by atoms with E-state index in [4.69, 9.17) is 18.9 Å². The van der Waals surface area contributed by atoms with Gasteiger partial charge in [-0.05, 0) is 31.9 Å². The van der Waals surface area contributed by atoms with E-state index in [1.165, 1.54) is 0 Å². The zero-order valence-electron chi connectivity index (χ0n) is 12.9. The minimum atomic E-state index is 0.286. The minimum Gasteiger partial charge on any atom is -0.493 e. The Balaban J connectivity index is 1.95. The third kappa shape index (κ3) is 4.79. The first-order valence-electron chi connectivity index (χ1n) is 7.60. The fourth-order valence-electron chi connectivity index (χ4n) is 2.17. The molecule has 0 aliphatic carbocycles. The van der Waals surface area contributed by atoms with Gasteiger partial charge in [0.25, 0.3) is 0 Å². The highest BCUT2D eigenvalue weighted by atomic mass is 16.7. The second-order valence-corrected chi connectivity index (χ2v) is 5.04. The van der Waals surface area contributed by atoms with Gasteiger partial charge in [-0.15, -0.1) is 0 Å². The standard InChI is InChI=1S/C16H25NO4/c1-3-6-17-11-13-9-15-16(21-12-20-15)10-14(13)19-8-5-4-7-18-2/h9-10,17H,3-8,11-12H2,1-2H3. The van der Waals surface area contributed by atoms with Crippen molar-refractivity contribution in [1.29, 1.82) is 0 Å². The molecule has 1 aromatic rings. The summed E-state index contributed by atoms with van der Waals surface area (Å²) in [6, 6.07) is 3.94. The number of fused-ring (bicyclic) bond motifs is 1. The molecule has 0 aromatic heterocycles. The van der Waals surface area contributed by atoms with Crippen LogP contribution < -0.4 is 19.5 Å². The van der Waals surface area contributed by atoms with Gasteiger partial charge in [-0.1, -0.05) is 6.92 Å². The van der Waals surface area contributed by atoms with Crippen molar-refractivity contribution in [3.63, 3.8) is 0 Å². The van der Waals surface area contributed by atoms with Crippen molar-refractivity contribution < 1.29 is 18.9 Å². The molecule has 5 heteroatoms. The van der Waals surface area contributed by atoms with Crippen LogP contribution in [0.4, 0.5) is 0 Å². The van der Waals surface area contributed by atoms with Gasteiger partial charge in [0.15, 0.2) is 11.5 Å². The van der Waals surface area contributed by atoms with E-state index in [0.717, 1.165) is 61.8 Å². The monoisotopic (exact) mass is 295 g/mol. The smallest absolute Gasteiger partial charge is 0.231 e. The molecule has 0 saturated carbocycles. The van der Waals surface area contributed by atoms with Crippen LogP contribution in [0.15, 0.2) is 12.1 Å². The Bertz CT molecular complexity index is 437. The molecule has 1 aliphatic rings. The van der Waals surface area contributed by atoms with Crippen LogP contribution in [0.3, 0.4) is 0 Å². The summed E-state index contributed by atoms with van der Waals surface area (Å²) in [5.41, 5.74) is 1.11. The quantitative estimate of drug-likeness (QED) is 0.673. The van der Waals surface area contributed by atoms with Crippen LogP contribution in [0.1, 0.15) is 31.7 Å². The van der Waals surface area contributed by atoms with E-state index in [9.17, 15) is 0 Å². The number of rotatable bonds is 10. The zero-order chi connectivity index (χ0) is 14.9. The molecule has 2 rings (SSSR count). The predicted octanol–water partition coefficient (Wildman–Crippen LogP) is 2.72. The van der Waals surface area contributed by atoms with Gasteiger partial charge in [0.05, 0.1) is 6.61 Å². The van der Waals surface area contributed by atoms with Crippen LogP contribution in [0, 0.1) is 0 Å². The van der Waals surface area contributed by atoms with E-state index >= 15 is 0 Å². The Labute approximate surface area is 126 Å². The molecule has 1 aromatic carbocycles. The molecule has 1 aliphatic heterocycles. The summed E-state index contributed by atoms with van der Waals surface area (Å²) < 4.78 is 21.8. The molecular weight excluding hydrogens is 270 g/mol. The number of methoxy groups -OCH3 is 1. The van der Waals surface area contributed by atoms with E-state index in [2.05, 4.69) is 12.2 Å². The Morgan fingerprint density at radius 3 is 2.67 bits per heavy atom. The summed E-state index contributed by atoms with van der Waals surface area (Å²) in [7, 11) is 1.72. The Morgan fingerprint density at radius 2 is 1.90 bits per heavy atom. The highest BCUT2D eigenvalue weighted by molar-refractivity contribution is 5.51. The van der Waals surface area contributed by atoms with E-state index < -0.39 is 0 Å². The summed E-state index contributed by atoms with van der Waals surface area (Å²) in [6.07, 6.45) is 3.09. The van der Waals surface area contributed by atoms with Crippen molar-refractivity contribution in [2.75, 3.05) is 33.7 Å². The van der Waals surface area contributed by atoms with Crippen molar-refractivity contribution in [3.8, 4) is 17.2 Å². The van der Waals surface area contributed by atoms with Crippen molar-refractivity contribution in [1.82, 2.24) is 5.32 Å². The van der Waals surface area contributed by atoms with Crippen molar-refractivity contribution >= 4 is 0 Å². The molecule has 5 nitrogen and oxygen atoms in total. The van der Waals surface area contributed by atoms with E-state index in [1.54, 1.807) is 7.11 Å². The fourth-order valence-corrected chi connectivity index (χ4v) is 2.17. The lowest BCUT2D eigenvalue weighted by atomic mass is 10.1. The van der Waals surface area contributed by atoms with Gasteiger partial charge in [-0.25, -0.2) is 0 Å². The molecule has 0 bridgehead atoms. The first-order chi connectivity index (χ1) is 10.3. The average Bonchev–Trinajstić information content (AvgIpc) is 2.94. The maximum Gasteiger partial charge on any atom is 0.231 e. The van der Waals surface area contributed by atoms with E-state index in [1.807, 2.05) is 12.1 Å². The fraction of sp³-hybridized carbons (Fsp3) is 0.625. The number of ether oxygens (including phenoxy) is 4. The number of benzene rings is 1. The summed E-state index contributed by atoms with van der Waals surface area (Å²) in [4.78, 5) is 0. The van der Waals surface area contributed by atoms with Crippen LogP contribution in [-0.4, -0.2) is 33.7 Å². The van der Waals surface area contributed by atoms with Gasteiger partial charge in [-0.2, -0.15) is 0 Å². The van der Waals surface area contributed by atoms with Gasteiger partial charge >= 0.3 is 0 Å². The normalized spacial score (nSPS) is 12.7. The van der Waals surface area contributed by atoms with Crippen LogP contribution in [0.2, 0.25) is 0 Å². The first kappa shape index (κ1) is 15.9. The maximum atomic E-state index is 5.91. The highest BCUT2D eigenvalue weighted by Gasteiger charge is 2.17. The maximum absolute atomic E-state index is 5.91. The second kappa shape index (κ2) is 8.74. The molecule has 1 heterocycles. The van der Waals surface area contributed by atoms with Crippen molar-refractivity contribution in [2.45, 2.75) is 32.7 Å². The number of nitrogens with one attached hydrogen (secondary N) is 1. The Hall–Kier alpha value is -1.46. The predicted molar refractivity (Wildman–Crippen MR) is 81.2 cm³/mol. The molecule has 0 radical (unpaired) electrons. The molecular formula is C16H25NO4. The Morgan fingerprint density at radius 1 is 1.14 bits per heavy atom. The number of hydrogen-bond acceptors (Lipinski definition) is 5. The molecule has 118 valence electrons. The van der Waals surface area contributed by atoms with Gasteiger partial charge in [0, 0.05) is 31.9 Å². The topological polar surface area (TPSA) is 49.0 Å². The number of unbranched alkanes of at least 4 members (excludes halogenated alkanes) is 1. The molecule has 1 N–H and O–H groups in total. The van der Waals surface area contributed by atoms with Crippen molar-refractivity contribution in [3.05, 3.63) is 17.7 Å². The molecule has 0 unspecified atom stereocenters. The summed E-state index contributed by atoms with van der Waals surface area (Å²) in [5.74, 6) is 2.44. The lowest BCUT2D eigenvalue weighted by Crippen LogP contribution is -2.15. The third-order valence-corrected chi connectivity index (χ3v) is 3.30.